The van der Waals surface area contributed by atoms with Gasteiger partial charge in [-0.05, 0) is 65.2 Å². The molecule has 4 fully saturated rings. The number of nitrogens with zero attached hydrogens (tertiary/aromatic N) is 3. The number of ether oxygens (including phenoxy) is 2. The van der Waals surface area contributed by atoms with Gasteiger partial charge in [0.15, 0.2) is 0 Å². The van der Waals surface area contributed by atoms with Crippen molar-refractivity contribution < 1.29 is 9.47 Å². The first-order valence-electron chi connectivity index (χ1n) is 10.8. The molecule has 4 aliphatic rings. The van der Waals surface area contributed by atoms with Crippen molar-refractivity contribution in [1.29, 1.82) is 0 Å². The van der Waals surface area contributed by atoms with Crippen molar-refractivity contribution in [3.63, 3.8) is 0 Å². The van der Waals surface area contributed by atoms with E-state index in [1.54, 1.807) is 7.11 Å². The quantitative estimate of drug-likeness (QED) is 0.762. The van der Waals surface area contributed by atoms with Crippen LogP contribution in [0.15, 0.2) is 0 Å². The SMILES string of the molecule is CC.CN1CCC(CN2CCN(C)C3(COC3)C2)CC1.COC1CCC1. The molecule has 0 amide bonds. The van der Waals surface area contributed by atoms with Gasteiger partial charge in [-0.3, -0.25) is 9.80 Å². The average molecular weight is 370 g/mol. The minimum Gasteiger partial charge on any atom is -0.381 e. The molecule has 0 radical (unpaired) electrons. The third-order valence-corrected chi connectivity index (χ3v) is 6.56. The van der Waals surface area contributed by atoms with Crippen molar-refractivity contribution in [3.05, 3.63) is 0 Å². The first-order valence-corrected chi connectivity index (χ1v) is 10.8. The van der Waals surface area contributed by atoms with E-state index in [4.69, 9.17) is 9.47 Å². The molecular weight excluding hydrogens is 326 g/mol. The molecule has 5 nitrogen and oxygen atoms in total. The minimum absolute atomic E-state index is 0.351. The number of hydrogen-bond donors (Lipinski definition) is 0. The van der Waals surface area contributed by atoms with Crippen molar-refractivity contribution in [2.45, 2.75) is 57.6 Å². The fraction of sp³-hybridized carbons (Fsp3) is 1.00. The van der Waals surface area contributed by atoms with Crippen LogP contribution in [-0.2, 0) is 9.47 Å². The Kier molecular flexibility index (Phi) is 9.31. The van der Waals surface area contributed by atoms with Gasteiger partial charge in [0.1, 0.15) is 0 Å². The Balaban J connectivity index is 0.000000256. The number of piperazine rings is 1. The lowest BCUT2D eigenvalue weighted by atomic mass is 9.90. The Labute approximate surface area is 162 Å². The van der Waals surface area contributed by atoms with E-state index in [0.717, 1.165) is 19.1 Å². The first kappa shape index (κ1) is 22.1. The van der Waals surface area contributed by atoms with E-state index in [0.29, 0.717) is 11.6 Å². The van der Waals surface area contributed by atoms with Crippen molar-refractivity contribution in [3.8, 4) is 0 Å². The van der Waals surface area contributed by atoms with Gasteiger partial charge in [0.2, 0.25) is 0 Å². The van der Waals surface area contributed by atoms with Crippen molar-refractivity contribution in [2.75, 3.05) is 73.7 Å². The van der Waals surface area contributed by atoms with E-state index in [2.05, 4.69) is 28.8 Å². The molecule has 3 aliphatic heterocycles. The van der Waals surface area contributed by atoms with Gasteiger partial charge in [0, 0.05) is 33.3 Å². The van der Waals surface area contributed by atoms with Crippen molar-refractivity contribution >= 4 is 0 Å². The molecule has 1 aliphatic carbocycles. The van der Waals surface area contributed by atoms with Crippen molar-refractivity contribution in [2.24, 2.45) is 5.92 Å². The van der Waals surface area contributed by atoms with E-state index in [1.807, 2.05) is 13.8 Å². The molecule has 0 unspecified atom stereocenters. The predicted molar refractivity (Wildman–Crippen MR) is 109 cm³/mol. The Morgan fingerprint density at radius 1 is 0.962 bits per heavy atom. The van der Waals surface area contributed by atoms with E-state index >= 15 is 0 Å². The Hall–Kier alpha value is -0.200. The average Bonchev–Trinajstić information content (AvgIpc) is 2.59. The molecule has 0 aromatic carbocycles. The lowest BCUT2D eigenvalue weighted by Crippen LogP contribution is -2.70. The van der Waals surface area contributed by atoms with Gasteiger partial charge < -0.3 is 14.4 Å². The summed E-state index contributed by atoms with van der Waals surface area (Å²) in [5.41, 5.74) is 0.351. The van der Waals surface area contributed by atoms with E-state index in [-0.39, 0.29) is 0 Å². The third-order valence-electron chi connectivity index (χ3n) is 6.56. The highest BCUT2D eigenvalue weighted by atomic mass is 16.5. The minimum atomic E-state index is 0.351. The maximum absolute atomic E-state index is 5.46. The highest BCUT2D eigenvalue weighted by Crippen LogP contribution is 2.29. The largest absolute Gasteiger partial charge is 0.381 e. The van der Waals surface area contributed by atoms with Gasteiger partial charge in [-0.2, -0.15) is 0 Å². The smallest absolute Gasteiger partial charge is 0.0804 e. The summed E-state index contributed by atoms with van der Waals surface area (Å²) in [5.74, 6) is 0.919. The molecule has 5 heteroatoms. The number of likely N-dealkylation sites (tertiary alicyclic amines) is 1. The molecule has 1 saturated carbocycles. The van der Waals surface area contributed by atoms with Gasteiger partial charge in [-0.15, -0.1) is 0 Å². The number of piperidine rings is 1. The molecule has 3 saturated heterocycles. The van der Waals surface area contributed by atoms with Crippen LogP contribution in [0.5, 0.6) is 0 Å². The van der Waals surface area contributed by atoms with Crippen LogP contribution in [0.3, 0.4) is 0 Å². The number of hydrogen-bond acceptors (Lipinski definition) is 5. The molecular formula is C21H43N3O2. The third kappa shape index (κ3) is 5.90. The molecule has 1 spiro atoms. The van der Waals surface area contributed by atoms with Crippen LogP contribution in [0.2, 0.25) is 0 Å². The van der Waals surface area contributed by atoms with Gasteiger partial charge >= 0.3 is 0 Å². The number of likely N-dealkylation sites (N-methyl/N-ethyl adjacent to an activating group) is 1. The Morgan fingerprint density at radius 3 is 2.04 bits per heavy atom. The number of methoxy groups -OCH3 is 1. The van der Waals surface area contributed by atoms with Gasteiger partial charge in [0.05, 0.1) is 24.9 Å². The van der Waals surface area contributed by atoms with E-state index in [9.17, 15) is 0 Å². The predicted octanol–water partition coefficient (Wildman–Crippen LogP) is 2.56. The standard InChI is InChI=1S/C14H27N3O.C5H10O.C2H6/c1-15-5-3-13(4-6-15)9-17-8-7-16(2)14(10-17)11-18-12-14;1-6-5-3-2-4-5;1-2/h13H,3-12H2,1-2H3;5H,2-4H2,1H3;1-2H3. The second kappa shape index (κ2) is 11.0. The zero-order chi connectivity index (χ0) is 19.0. The van der Waals surface area contributed by atoms with Crippen LogP contribution in [0.4, 0.5) is 0 Å². The Morgan fingerprint density at radius 2 is 1.62 bits per heavy atom. The molecule has 4 rings (SSSR count). The summed E-state index contributed by atoms with van der Waals surface area (Å²) in [6.07, 6.45) is 7.33. The summed E-state index contributed by atoms with van der Waals surface area (Å²) >= 11 is 0. The zero-order valence-electron chi connectivity index (χ0n) is 18.0. The lowest BCUT2D eigenvalue weighted by Gasteiger charge is -2.54. The molecule has 0 aromatic heterocycles. The second-order valence-corrected chi connectivity index (χ2v) is 8.41. The number of rotatable bonds is 3. The van der Waals surface area contributed by atoms with Crippen LogP contribution in [-0.4, -0.2) is 100 Å². The van der Waals surface area contributed by atoms with E-state index < -0.39 is 0 Å². The summed E-state index contributed by atoms with van der Waals surface area (Å²) in [4.78, 5) is 7.67. The zero-order valence-corrected chi connectivity index (χ0v) is 18.0. The van der Waals surface area contributed by atoms with Gasteiger partial charge in [-0.1, -0.05) is 13.8 Å². The second-order valence-electron chi connectivity index (χ2n) is 8.41. The summed E-state index contributed by atoms with van der Waals surface area (Å²) in [6, 6.07) is 0. The highest BCUT2D eigenvalue weighted by molar-refractivity contribution is 5.01. The van der Waals surface area contributed by atoms with Crippen LogP contribution in [0.25, 0.3) is 0 Å². The summed E-state index contributed by atoms with van der Waals surface area (Å²) in [6.45, 7) is 13.4. The Bertz CT molecular complexity index is 375. The molecule has 154 valence electrons. The maximum Gasteiger partial charge on any atom is 0.0804 e. The van der Waals surface area contributed by atoms with Crippen molar-refractivity contribution in [1.82, 2.24) is 14.7 Å². The molecule has 26 heavy (non-hydrogen) atoms. The van der Waals surface area contributed by atoms with Crippen LogP contribution >= 0.6 is 0 Å². The fourth-order valence-corrected chi connectivity index (χ4v) is 4.17. The van der Waals surface area contributed by atoms with Gasteiger partial charge in [0.25, 0.3) is 0 Å². The molecule has 0 aromatic rings. The lowest BCUT2D eigenvalue weighted by molar-refractivity contribution is -0.162. The monoisotopic (exact) mass is 369 g/mol. The normalized spacial score (nSPS) is 27.6. The van der Waals surface area contributed by atoms with Crippen LogP contribution in [0, 0.1) is 5.92 Å². The fourth-order valence-electron chi connectivity index (χ4n) is 4.17. The summed E-state index contributed by atoms with van der Waals surface area (Å²) < 4.78 is 10.4. The van der Waals surface area contributed by atoms with Gasteiger partial charge in [-0.25, -0.2) is 0 Å². The summed E-state index contributed by atoms with van der Waals surface area (Å²) in [5, 5.41) is 0. The van der Waals surface area contributed by atoms with E-state index in [1.165, 1.54) is 71.4 Å². The highest BCUT2D eigenvalue weighted by Gasteiger charge is 2.46. The summed E-state index contributed by atoms with van der Waals surface area (Å²) in [7, 11) is 6.28. The molecule has 0 N–H and O–H groups in total. The molecule has 3 heterocycles. The van der Waals surface area contributed by atoms with Crippen LogP contribution < -0.4 is 0 Å². The molecule has 0 bridgehead atoms. The topological polar surface area (TPSA) is 28.2 Å². The first-order chi connectivity index (χ1) is 12.6. The maximum atomic E-state index is 5.46. The van der Waals surface area contributed by atoms with Crippen LogP contribution in [0.1, 0.15) is 46.0 Å². The molecule has 0 atom stereocenters.